The van der Waals surface area contributed by atoms with Crippen molar-refractivity contribution in [2.75, 3.05) is 13.1 Å². The number of nitrogens with one attached hydrogen (secondary N) is 1. The molecule has 0 saturated carbocycles. The normalized spacial score (nSPS) is 21.2. The molecule has 1 aliphatic rings. The van der Waals surface area contributed by atoms with Crippen molar-refractivity contribution in [3.8, 4) is 0 Å². The van der Waals surface area contributed by atoms with Gasteiger partial charge in [0.15, 0.2) is 0 Å². The molecule has 0 aliphatic carbocycles. The number of carbonyl (C=O) groups is 2. The van der Waals surface area contributed by atoms with E-state index in [0.717, 1.165) is 32.2 Å². The van der Waals surface area contributed by atoms with Crippen molar-refractivity contribution in [2.24, 2.45) is 5.92 Å². The van der Waals surface area contributed by atoms with E-state index in [1.54, 1.807) is 0 Å². The van der Waals surface area contributed by atoms with Gasteiger partial charge in [-0.3, -0.25) is 9.59 Å². The van der Waals surface area contributed by atoms with Crippen LogP contribution in [-0.2, 0) is 9.59 Å². The molecule has 1 aliphatic heterocycles. The second kappa shape index (κ2) is 7.39. The van der Waals surface area contributed by atoms with E-state index < -0.39 is 0 Å². The predicted octanol–water partition coefficient (Wildman–Crippen LogP) is 1.94. The van der Waals surface area contributed by atoms with Crippen LogP contribution in [0.25, 0.3) is 0 Å². The molecule has 0 unspecified atom stereocenters. The van der Waals surface area contributed by atoms with E-state index in [2.05, 4.69) is 19.2 Å². The Labute approximate surface area is 110 Å². The first-order valence-corrected chi connectivity index (χ1v) is 7.16. The predicted molar refractivity (Wildman–Crippen MR) is 72.1 cm³/mol. The van der Waals surface area contributed by atoms with E-state index >= 15 is 0 Å². The molecular formula is C14H26N2O2. The van der Waals surface area contributed by atoms with Crippen LogP contribution in [0.1, 0.15) is 52.9 Å². The van der Waals surface area contributed by atoms with Crippen molar-refractivity contribution in [2.45, 2.75) is 58.9 Å². The van der Waals surface area contributed by atoms with Crippen LogP contribution in [0, 0.1) is 5.92 Å². The minimum absolute atomic E-state index is 0.0447. The van der Waals surface area contributed by atoms with Gasteiger partial charge in [0.2, 0.25) is 11.8 Å². The van der Waals surface area contributed by atoms with Crippen molar-refractivity contribution >= 4 is 11.8 Å². The Bertz CT molecular complexity index is 292. The van der Waals surface area contributed by atoms with Crippen LogP contribution in [0.3, 0.4) is 0 Å². The molecule has 1 rings (SSSR count). The van der Waals surface area contributed by atoms with E-state index in [9.17, 15) is 9.59 Å². The van der Waals surface area contributed by atoms with Gasteiger partial charge in [-0.15, -0.1) is 0 Å². The zero-order valence-electron chi connectivity index (χ0n) is 11.9. The van der Waals surface area contributed by atoms with Gasteiger partial charge in [0.1, 0.15) is 0 Å². The minimum Gasteiger partial charge on any atom is -0.353 e. The molecule has 1 heterocycles. The highest BCUT2D eigenvalue weighted by Gasteiger charge is 2.33. The zero-order valence-corrected chi connectivity index (χ0v) is 11.9. The molecule has 104 valence electrons. The summed E-state index contributed by atoms with van der Waals surface area (Å²) in [5.74, 6) is 0.0312. The highest BCUT2D eigenvalue weighted by atomic mass is 16.2. The molecule has 0 spiro atoms. The van der Waals surface area contributed by atoms with Gasteiger partial charge >= 0.3 is 0 Å². The molecule has 0 aromatic carbocycles. The molecule has 0 bridgehead atoms. The number of nitrogens with zero attached hydrogens (tertiary/aromatic N) is 1. The molecule has 0 radical (unpaired) electrons. The van der Waals surface area contributed by atoms with Gasteiger partial charge in [-0.25, -0.2) is 0 Å². The third kappa shape index (κ3) is 4.31. The van der Waals surface area contributed by atoms with Gasteiger partial charge < -0.3 is 10.2 Å². The maximum Gasteiger partial charge on any atom is 0.225 e. The van der Waals surface area contributed by atoms with Gasteiger partial charge in [0.25, 0.3) is 0 Å². The summed E-state index contributed by atoms with van der Waals surface area (Å²) in [5.41, 5.74) is 0. The first-order valence-electron chi connectivity index (χ1n) is 7.16. The first kappa shape index (κ1) is 15.0. The van der Waals surface area contributed by atoms with Crippen LogP contribution < -0.4 is 5.32 Å². The molecule has 2 amide bonds. The lowest BCUT2D eigenvalue weighted by Gasteiger charge is -2.18. The fourth-order valence-corrected chi connectivity index (χ4v) is 2.38. The lowest BCUT2D eigenvalue weighted by Crippen LogP contribution is -2.38. The summed E-state index contributed by atoms with van der Waals surface area (Å²) in [7, 11) is 0. The Kier molecular flexibility index (Phi) is 6.16. The van der Waals surface area contributed by atoms with Crippen LogP contribution in [-0.4, -0.2) is 35.8 Å². The van der Waals surface area contributed by atoms with E-state index in [0.29, 0.717) is 13.0 Å². The quantitative estimate of drug-likeness (QED) is 0.755. The third-order valence-electron chi connectivity index (χ3n) is 3.48. The average Bonchev–Trinajstić information content (AvgIpc) is 2.68. The van der Waals surface area contributed by atoms with Crippen molar-refractivity contribution in [3.05, 3.63) is 0 Å². The second-order valence-electron chi connectivity index (χ2n) is 5.29. The number of carbonyl (C=O) groups excluding carboxylic acids is 2. The standard InChI is InChI=1S/C14H26N2O2/c1-4-6-8-16-10-12(9-13(16)17)14(18)15-11(3)7-5-2/h11-12H,4-10H2,1-3H3,(H,15,18)/t11-,12-/m1/s1. The summed E-state index contributed by atoms with van der Waals surface area (Å²) in [6, 6.07) is 0.210. The zero-order chi connectivity index (χ0) is 13.5. The van der Waals surface area contributed by atoms with Gasteiger partial charge in [0, 0.05) is 25.6 Å². The van der Waals surface area contributed by atoms with Gasteiger partial charge in [-0.1, -0.05) is 26.7 Å². The average molecular weight is 254 g/mol. The summed E-state index contributed by atoms with van der Waals surface area (Å²) >= 11 is 0. The first-order chi connectivity index (χ1) is 8.58. The molecular weight excluding hydrogens is 228 g/mol. The van der Waals surface area contributed by atoms with Crippen molar-refractivity contribution in [1.29, 1.82) is 0 Å². The summed E-state index contributed by atoms with van der Waals surface area (Å²) in [6.45, 7) is 7.63. The summed E-state index contributed by atoms with van der Waals surface area (Å²) in [6.07, 6.45) is 4.54. The van der Waals surface area contributed by atoms with E-state index in [-0.39, 0.29) is 23.8 Å². The van der Waals surface area contributed by atoms with Crippen molar-refractivity contribution in [1.82, 2.24) is 10.2 Å². The minimum atomic E-state index is -0.145. The van der Waals surface area contributed by atoms with Gasteiger partial charge in [-0.2, -0.15) is 0 Å². The Balaban J connectivity index is 2.39. The van der Waals surface area contributed by atoms with Gasteiger partial charge in [0.05, 0.1) is 5.92 Å². The fraction of sp³-hybridized carbons (Fsp3) is 0.857. The monoisotopic (exact) mass is 254 g/mol. The van der Waals surface area contributed by atoms with Crippen LogP contribution in [0.15, 0.2) is 0 Å². The third-order valence-corrected chi connectivity index (χ3v) is 3.48. The maximum absolute atomic E-state index is 12.0. The SMILES string of the molecule is CCCCN1C[C@H](C(=O)N[C@H](C)CCC)CC1=O. The number of hydrogen-bond acceptors (Lipinski definition) is 2. The second-order valence-corrected chi connectivity index (χ2v) is 5.29. The molecule has 2 atom stereocenters. The van der Waals surface area contributed by atoms with Crippen LogP contribution >= 0.6 is 0 Å². The summed E-state index contributed by atoms with van der Waals surface area (Å²) in [4.78, 5) is 25.6. The van der Waals surface area contributed by atoms with E-state index in [1.165, 1.54) is 0 Å². The van der Waals surface area contributed by atoms with Crippen LogP contribution in [0.5, 0.6) is 0 Å². The molecule has 1 saturated heterocycles. The largest absolute Gasteiger partial charge is 0.353 e. The lowest BCUT2D eigenvalue weighted by molar-refractivity contribution is -0.129. The fourth-order valence-electron chi connectivity index (χ4n) is 2.38. The molecule has 0 aromatic rings. The molecule has 0 aromatic heterocycles. The number of amides is 2. The number of unbranched alkanes of at least 4 members (excludes halogenated alkanes) is 1. The number of hydrogen-bond donors (Lipinski definition) is 1. The maximum atomic E-state index is 12.0. The molecule has 4 nitrogen and oxygen atoms in total. The Hall–Kier alpha value is -1.06. The van der Waals surface area contributed by atoms with Crippen molar-refractivity contribution in [3.63, 3.8) is 0 Å². The highest BCUT2D eigenvalue weighted by molar-refractivity contribution is 5.89. The molecule has 4 heteroatoms. The topological polar surface area (TPSA) is 49.4 Å². The van der Waals surface area contributed by atoms with Crippen molar-refractivity contribution < 1.29 is 9.59 Å². The number of rotatable bonds is 7. The Morgan fingerprint density at radius 2 is 2.17 bits per heavy atom. The summed E-state index contributed by atoms with van der Waals surface area (Å²) in [5, 5.41) is 3.00. The molecule has 1 N–H and O–H groups in total. The smallest absolute Gasteiger partial charge is 0.225 e. The molecule has 18 heavy (non-hydrogen) atoms. The number of likely N-dealkylation sites (tertiary alicyclic amines) is 1. The van der Waals surface area contributed by atoms with Crippen LogP contribution in [0.4, 0.5) is 0 Å². The Morgan fingerprint density at radius 1 is 1.44 bits per heavy atom. The Morgan fingerprint density at radius 3 is 2.78 bits per heavy atom. The lowest BCUT2D eigenvalue weighted by atomic mass is 10.1. The highest BCUT2D eigenvalue weighted by Crippen LogP contribution is 2.18. The van der Waals surface area contributed by atoms with Crippen LogP contribution in [0.2, 0.25) is 0 Å². The van der Waals surface area contributed by atoms with Gasteiger partial charge in [-0.05, 0) is 19.8 Å². The molecule has 1 fully saturated rings. The van der Waals surface area contributed by atoms with E-state index in [1.807, 2.05) is 11.8 Å². The summed E-state index contributed by atoms with van der Waals surface area (Å²) < 4.78 is 0. The van der Waals surface area contributed by atoms with E-state index in [4.69, 9.17) is 0 Å².